The van der Waals surface area contributed by atoms with Gasteiger partial charge in [-0.1, -0.05) is 70.0 Å². The largest absolute Gasteiger partial charge is 0.431 e. The van der Waals surface area contributed by atoms with Crippen LogP contribution in [0, 0.1) is 5.92 Å². The molecule has 0 aromatic heterocycles. The molecule has 2 aromatic rings. The maximum atomic E-state index is 12.1. The number of hydrogen-bond acceptors (Lipinski definition) is 2. The highest BCUT2D eigenvalue weighted by Crippen LogP contribution is 2.43. The van der Waals surface area contributed by atoms with Crippen LogP contribution in [0.1, 0.15) is 25.0 Å². The van der Waals surface area contributed by atoms with Gasteiger partial charge in [-0.2, -0.15) is 0 Å². The van der Waals surface area contributed by atoms with Crippen LogP contribution in [0.25, 0.3) is 0 Å². The Morgan fingerprint density at radius 2 is 1.39 bits per heavy atom. The number of rotatable bonds is 3. The van der Waals surface area contributed by atoms with Gasteiger partial charge in [0.25, 0.3) is 0 Å². The van der Waals surface area contributed by atoms with E-state index in [1.807, 2.05) is 48.5 Å². The summed E-state index contributed by atoms with van der Waals surface area (Å²) < 4.78 is 7.88. The lowest BCUT2D eigenvalue weighted by Gasteiger charge is -2.35. The summed E-state index contributed by atoms with van der Waals surface area (Å²) in [6, 6.07) is 15.8. The summed E-state index contributed by atoms with van der Waals surface area (Å²) in [5, 5.41) is 2.99. The fraction of sp³-hybridized carbons (Fsp3) is 0.278. The highest BCUT2D eigenvalue weighted by atomic mass is 79.9. The number of nitrogens with one attached hydrogen (secondary N) is 1. The van der Waals surface area contributed by atoms with Crippen molar-refractivity contribution in [3.63, 3.8) is 0 Å². The number of cyclic esters (lactones) is 1. The Kier molecular flexibility index (Phi) is 4.52. The smallest absolute Gasteiger partial charge is 0.408 e. The minimum atomic E-state index is -0.827. The molecule has 1 heterocycles. The lowest BCUT2D eigenvalue weighted by atomic mass is 9.76. The molecule has 0 spiro atoms. The highest BCUT2D eigenvalue weighted by Gasteiger charge is 2.53. The number of alkyl carbamates (subject to hydrolysis) is 1. The fourth-order valence-electron chi connectivity index (χ4n) is 3.14. The van der Waals surface area contributed by atoms with Crippen LogP contribution < -0.4 is 5.32 Å². The molecule has 1 amide bonds. The number of hydrogen-bond donors (Lipinski definition) is 1. The van der Waals surface area contributed by atoms with E-state index in [4.69, 9.17) is 4.74 Å². The van der Waals surface area contributed by atoms with Gasteiger partial charge < -0.3 is 10.1 Å². The third-order valence-electron chi connectivity index (χ3n) is 4.18. The van der Waals surface area contributed by atoms with Gasteiger partial charge in [0.1, 0.15) is 0 Å². The molecule has 0 unspecified atom stereocenters. The standard InChI is InChI=1S/C18H17Br2NO2/c1-11(2)16-18(23-17(22)21-16,12-3-7-14(19)8-4-12)13-5-9-15(20)10-6-13/h3-11,16H,1-2H3,(H,21,22)/t16-/m0/s1. The van der Waals surface area contributed by atoms with Gasteiger partial charge in [0.05, 0.1) is 6.04 Å². The molecule has 23 heavy (non-hydrogen) atoms. The maximum absolute atomic E-state index is 12.1. The summed E-state index contributed by atoms with van der Waals surface area (Å²) >= 11 is 6.93. The first-order valence-electron chi connectivity index (χ1n) is 7.45. The van der Waals surface area contributed by atoms with Crippen molar-refractivity contribution in [3.05, 3.63) is 68.6 Å². The van der Waals surface area contributed by atoms with Gasteiger partial charge >= 0.3 is 6.09 Å². The van der Waals surface area contributed by atoms with E-state index >= 15 is 0 Å². The first kappa shape index (κ1) is 16.5. The van der Waals surface area contributed by atoms with Crippen LogP contribution in [0.3, 0.4) is 0 Å². The van der Waals surface area contributed by atoms with Gasteiger partial charge in [0.15, 0.2) is 5.60 Å². The second-order valence-corrected chi connectivity index (χ2v) is 7.84. The second kappa shape index (κ2) is 6.29. The molecule has 2 aromatic carbocycles. The molecule has 5 heteroatoms. The Morgan fingerprint density at radius 3 is 1.78 bits per heavy atom. The fourth-order valence-corrected chi connectivity index (χ4v) is 3.67. The molecule has 0 saturated carbocycles. The van der Waals surface area contributed by atoms with Crippen LogP contribution in [0.5, 0.6) is 0 Å². The number of halogens is 2. The van der Waals surface area contributed by atoms with E-state index in [-0.39, 0.29) is 18.1 Å². The minimum absolute atomic E-state index is 0.141. The second-order valence-electron chi connectivity index (χ2n) is 6.00. The molecule has 0 aliphatic carbocycles. The van der Waals surface area contributed by atoms with Gasteiger partial charge in [0.2, 0.25) is 0 Å². The predicted octanol–water partition coefficient (Wildman–Crippen LogP) is 5.22. The average molecular weight is 439 g/mol. The Balaban J connectivity index is 2.22. The van der Waals surface area contributed by atoms with Crippen molar-refractivity contribution in [3.8, 4) is 0 Å². The van der Waals surface area contributed by atoms with E-state index in [0.717, 1.165) is 20.1 Å². The highest BCUT2D eigenvalue weighted by molar-refractivity contribution is 9.10. The summed E-state index contributed by atoms with van der Waals surface area (Å²) in [7, 11) is 0. The van der Waals surface area contributed by atoms with E-state index in [0.29, 0.717) is 0 Å². The number of carbonyl (C=O) groups excluding carboxylic acids is 1. The Bertz CT molecular complexity index is 665. The van der Waals surface area contributed by atoms with E-state index in [9.17, 15) is 4.79 Å². The van der Waals surface area contributed by atoms with Crippen molar-refractivity contribution < 1.29 is 9.53 Å². The maximum Gasteiger partial charge on any atom is 0.408 e. The number of amides is 1. The van der Waals surface area contributed by atoms with E-state index in [1.165, 1.54) is 0 Å². The normalized spacial score (nSPS) is 19.5. The Morgan fingerprint density at radius 1 is 0.957 bits per heavy atom. The molecule has 120 valence electrons. The van der Waals surface area contributed by atoms with Gasteiger partial charge in [-0.25, -0.2) is 4.79 Å². The van der Waals surface area contributed by atoms with Gasteiger partial charge in [-0.15, -0.1) is 0 Å². The first-order valence-corrected chi connectivity index (χ1v) is 9.03. The van der Waals surface area contributed by atoms with Crippen LogP contribution in [-0.4, -0.2) is 12.1 Å². The molecular formula is C18H17Br2NO2. The van der Waals surface area contributed by atoms with Gasteiger partial charge in [-0.3, -0.25) is 0 Å². The molecule has 1 fully saturated rings. The van der Waals surface area contributed by atoms with E-state index < -0.39 is 5.60 Å². The van der Waals surface area contributed by atoms with Crippen LogP contribution in [0.2, 0.25) is 0 Å². The number of carbonyl (C=O) groups is 1. The van der Waals surface area contributed by atoms with Crippen molar-refractivity contribution in [2.24, 2.45) is 5.92 Å². The SMILES string of the molecule is CC(C)[C@@H]1NC(=O)OC1(c1ccc(Br)cc1)c1ccc(Br)cc1. The molecule has 0 bridgehead atoms. The van der Waals surface area contributed by atoms with Crippen LogP contribution >= 0.6 is 31.9 Å². The molecular weight excluding hydrogens is 422 g/mol. The van der Waals surface area contributed by atoms with E-state index in [2.05, 4.69) is 51.0 Å². The monoisotopic (exact) mass is 437 g/mol. The molecule has 3 rings (SSSR count). The quantitative estimate of drug-likeness (QED) is 0.713. The molecule has 3 nitrogen and oxygen atoms in total. The zero-order chi connectivity index (χ0) is 16.6. The molecule has 1 aliphatic heterocycles. The Hall–Kier alpha value is -1.33. The summed E-state index contributed by atoms with van der Waals surface area (Å²) in [5.74, 6) is 0.216. The van der Waals surface area contributed by atoms with Crippen molar-refractivity contribution in [1.82, 2.24) is 5.32 Å². The lowest BCUT2D eigenvalue weighted by Crippen LogP contribution is -2.45. The number of ether oxygens (including phenoxy) is 1. The molecule has 1 aliphatic rings. The van der Waals surface area contributed by atoms with Crippen molar-refractivity contribution in [2.45, 2.75) is 25.5 Å². The first-order chi connectivity index (χ1) is 10.9. The van der Waals surface area contributed by atoms with Gasteiger partial charge in [-0.05, 0) is 30.2 Å². The summed E-state index contributed by atoms with van der Waals surface area (Å²) in [4.78, 5) is 12.1. The average Bonchev–Trinajstić information content (AvgIpc) is 2.87. The summed E-state index contributed by atoms with van der Waals surface area (Å²) in [5.41, 5.74) is 1.09. The topological polar surface area (TPSA) is 38.3 Å². The summed E-state index contributed by atoms with van der Waals surface area (Å²) in [6.07, 6.45) is -0.380. The third-order valence-corrected chi connectivity index (χ3v) is 5.24. The van der Waals surface area contributed by atoms with Crippen LogP contribution in [0.15, 0.2) is 57.5 Å². The minimum Gasteiger partial charge on any atom is -0.431 e. The van der Waals surface area contributed by atoms with Crippen molar-refractivity contribution >= 4 is 38.0 Å². The predicted molar refractivity (Wildman–Crippen MR) is 97.3 cm³/mol. The zero-order valence-corrected chi connectivity index (χ0v) is 16.0. The van der Waals surface area contributed by atoms with Crippen LogP contribution in [0.4, 0.5) is 4.79 Å². The summed E-state index contributed by atoms with van der Waals surface area (Å²) in [6.45, 7) is 4.18. The Labute approximate surface area is 152 Å². The molecule has 1 saturated heterocycles. The van der Waals surface area contributed by atoms with Crippen molar-refractivity contribution in [2.75, 3.05) is 0 Å². The van der Waals surface area contributed by atoms with Gasteiger partial charge in [0, 0.05) is 20.1 Å². The van der Waals surface area contributed by atoms with Crippen LogP contribution in [-0.2, 0) is 10.3 Å². The zero-order valence-electron chi connectivity index (χ0n) is 12.8. The van der Waals surface area contributed by atoms with Crippen molar-refractivity contribution in [1.29, 1.82) is 0 Å². The van der Waals surface area contributed by atoms with E-state index in [1.54, 1.807) is 0 Å². The molecule has 0 radical (unpaired) electrons. The lowest BCUT2D eigenvalue weighted by molar-refractivity contribution is 0.0584. The molecule has 1 atom stereocenters. The molecule has 1 N–H and O–H groups in total. The third kappa shape index (κ3) is 2.92. The number of benzene rings is 2.